The molecule has 4 aliphatic rings. The Hall–Kier alpha value is -6.37. The summed E-state index contributed by atoms with van der Waals surface area (Å²) in [5, 5.41) is 6.34. The SMILES string of the molecule is Cc1cccc(CN2C(=O)N(C(C(=O)Nc3c(C(C)C)cccc3C(C)C)C(C(=O)Nc3c(C(C)C)cccc3C(C)C)N3C(=O)N(Cc4cccc(F)c4)C4(CCCCC4)C3=O)C(=O)C23CCCCC3)c1. The Kier molecular flexibility index (Phi) is 15.2. The monoisotopic (exact) mass is 981 g/mol. The average Bonchev–Trinajstić information content (AvgIpc) is 3.64. The normalized spacial score (nSPS) is 18.7. The number of anilines is 2. The van der Waals surface area contributed by atoms with Gasteiger partial charge in [0.25, 0.3) is 11.8 Å². The summed E-state index contributed by atoms with van der Waals surface area (Å²) in [7, 11) is 0. The maximum atomic E-state index is 16.3. The third kappa shape index (κ3) is 9.55. The number of benzene rings is 4. The zero-order valence-electron chi connectivity index (χ0n) is 43.6. The number of imide groups is 2. The summed E-state index contributed by atoms with van der Waals surface area (Å²) < 4.78 is 14.9. The summed E-state index contributed by atoms with van der Waals surface area (Å²) >= 11 is 0. The second-order valence-electron chi connectivity index (χ2n) is 22.0. The van der Waals surface area contributed by atoms with Gasteiger partial charge in [-0.1, -0.05) is 172 Å². The number of hydrogen-bond acceptors (Lipinski definition) is 6. The first-order valence-electron chi connectivity index (χ1n) is 26.3. The molecule has 12 nitrogen and oxygen atoms in total. The van der Waals surface area contributed by atoms with E-state index in [1.54, 1.807) is 17.0 Å². The first kappa shape index (κ1) is 52.0. The molecule has 4 fully saturated rings. The summed E-state index contributed by atoms with van der Waals surface area (Å²) in [4.78, 5) is 101. The number of hydrogen-bond donors (Lipinski definition) is 2. The Balaban J connectivity index is 1.39. The topological polar surface area (TPSA) is 139 Å². The molecule has 2 N–H and O–H groups in total. The van der Waals surface area contributed by atoms with Crippen molar-refractivity contribution in [3.05, 3.63) is 130 Å². The summed E-state index contributed by atoms with van der Waals surface area (Å²) in [6.45, 7) is 17.9. The van der Waals surface area contributed by atoms with Crippen molar-refractivity contribution < 1.29 is 33.2 Å². The van der Waals surface area contributed by atoms with E-state index >= 15 is 28.8 Å². The van der Waals surface area contributed by atoms with Gasteiger partial charge in [0.1, 0.15) is 16.9 Å². The highest BCUT2D eigenvalue weighted by Crippen LogP contribution is 2.47. The molecule has 0 bridgehead atoms. The summed E-state index contributed by atoms with van der Waals surface area (Å²) in [5.41, 5.74) is 3.46. The standard InChI is InChI=1S/C59H73FN6O6/c1-36(2)44-24-18-25-45(37(3)4)48(44)61-52(67)50(65-54(69)58(28-12-10-13-29-58)63(56(65)71)34-41-21-16-20-40(9)32-41)51(53(68)62-49-46(38(5)6)26-19-27-47(49)39(7)8)66-55(70)59(30-14-11-15-31-59)64(57(66)72)35-42-22-17-23-43(60)33-42/h16-27,32-33,36-39,50-51H,10-15,28-31,34-35H2,1-9H3,(H,61,67)(H,62,68). The highest BCUT2D eigenvalue weighted by Gasteiger charge is 2.66. The second-order valence-corrected chi connectivity index (χ2v) is 22.0. The lowest BCUT2D eigenvalue weighted by molar-refractivity contribution is -0.147. The van der Waals surface area contributed by atoms with Crippen molar-refractivity contribution in [2.24, 2.45) is 0 Å². The quantitative estimate of drug-likeness (QED) is 0.114. The van der Waals surface area contributed by atoms with E-state index in [2.05, 4.69) is 10.6 Å². The fraction of sp³-hybridized carbons (Fsp3) is 0.492. The number of nitrogens with one attached hydrogen (secondary N) is 2. The van der Waals surface area contributed by atoms with Crippen LogP contribution in [0.2, 0.25) is 0 Å². The molecule has 8 amide bonds. The van der Waals surface area contributed by atoms with E-state index in [-0.39, 0.29) is 49.6 Å². The lowest BCUT2D eigenvalue weighted by Crippen LogP contribution is -2.65. The van der Waals surface area contributed by atoms with Crippen LogP contribution in [0, 0.1) is 12.7 Å². The van der Waals surface area contributed by atoms with Crippen LogP contribution in [0.4, 0.5) is 25.4 Å². The van der Waals surface area contributed by atoms with E-state index in [0.29, 0.717) is 55.5 Å². The molecule has 13 heteroatoms. The van der Waals surface area contributed by atoms with Gasteiger partial charge in [-0.3, -0.25) is 19.2 Å². The van der Waals surface area contributed by atoms with Crippen molar-refractivity contribution in [2.45, 2.75) is 186 Å². The lowest BCUT2D eigenvalue weighted by Gasteiger charge is -2.39. The van der Waals surface area contributed by atoms with Crippen LogP contribution in [-0.4, -0.2) is 78.5 Å². The zero-order valence-corrected chi connectivity index (χ0v) is 43.6. The molecule has 2 atom stereocenters. The van der Waals surface area contributed by atoms with Crippen LogP contribution in [0.25, 0.3) is 0 Å². The van der Waals surface area contributed by atoms with Gasteiger partial charge in [-0.25, -0.2) is 23.8 Å². The molecule has 4 aromatic carbocycles. The van der Waals surface area contributed by atoms with E-state index in [4.69, 9.17) is 0 Å². The molecule has 2 saturated carbocycles. The number of nitrogens with zero attached hydrogens (tertiary/aromatic N) is 4. The van der Waals surface area contributed by atoms with Gasteiger partial charge in [0.05, 0.1) is 0 Å². The molecular formula is C59H73FN6O6. The number of carbonyl (C=O) groups is 6. The van der Waals surface area contributed by atoms with Crippen LogP contribution in [-0.2, 0) is 32.3 Å². The Labute approximate surface area is 425 Å². The van der Waals surface area contributed by atoms with Gasteiger partial charge in [0.2, 0.25) is 11.8 Å². The fourth-order valence-corrected chi connectivity index (χ4v) is 12.0. The van der Waals surface area contributed by atoms with E-state index in [0.717, 1.165) is 56.0 Å². The number of carbonyl (C=O) groups excluding carboxylic acids is 6. The van der Waals surface area contributed by atoms with Crippen LogP contribution in [0.3, 0.4) is 0 Å². The number of para-hydroxylation sites is 2. The van der Waals surface area contributed by atoms with E-state index in [1.165, 1.54) is 17.0 Å². The largest absolute Gasteiger partial charge is 0.328 e. The molecule has 2 aliphatic carbocycles. The summed E-state index contributed by atoms with van der Waals surface area (Å²) in [6, 6.07) is 19.3. The van der Waals surface area contributed by atoms with E-state index in [1.807, 2.05) is 123 Å². The minimum Gasteiger partial charge on any atom is -0.324 e. The predicted octanol–water partition coefficient (Wildman–Crippen LogP) is 12.3. The molecule has 2 spiro atoms. The van der Waals surface area contributed by atoms with Crippen molar-refractivity contribution in [2.75, 3.05) is 10.6 Å². The van der Waals surface area contributed by atoms with Gasteiger partial charge < -0.3 is 20.4 Å². The van der Waals surface area contributed by atoms with Crippen molar-refractivity contribution in [3.8, 4) is 0 Å². The Morgan fingerprint density at radius 3 is 1.21 bits per heavy atom. The molecule has 4 aromatic rings. The minimum absolute atomic E-state index is 0.0489. The second kappa shape index (κ2) is 21.0. The molecule has 382 valence electrons. The Bertz CT molecular complexity index is 2500. The number of urea groups is 2. The van der Waals surface area contributed by atoms with Crippen molar-refractivity contribution in [1.29, 1.82) is 0 Å². The van der Waals surface area contributed by atoms with Gasteiger partial charge >= 0.3 is 12.1 Å². The molecule has 8 rings (SSSR count). The lowest BCUT2D eigenvalue weighted by atomic mass is 9.79. The third-order valence-corrected chi connectivity index (χ3v) is 15.8. The molecule has 2 saturated heterocycles. The van der Waals surface area contributed by atoms with Gasteiger partial charge in [-0.05, 0) is 102 Å². The maximum absolute atomic E-state index is 16.3. The Morgan fingerprint density at radius 2 is 0.861 bits per heavy atom. The van der Waals surface area contributed by atoms with Crippen molar-refractivity contribution in [3.63, 3.8) is 0 Å². The van der Waals surface area contributed by atoms with Gasteiger partial charge in [0.15, 0.2) is 12.1 Å². The van der Waals surface area contributed by atoms with Crippen LogP contribution >= 0.6 is 0 Å². The highest BCUT2D eigenvalue weighted by molar-refractivity contribution is 6.17. The van der Waals surface area contributed by atoms with E-state index < -0.39 is 64.7 Å². The number of rotatable bonds is 15. The number of halogens is 1. The van der Waals surface area contributed by atoms with Gasteiger partial charge in [0, 0.05) is 24.5 Å². The molecule has 2 aliphatic heterocycles. The third-order valence-electron chi connectivity index (χ3n) is 15.8. The Morgan fingerprint density at radius 1 is 0.514 bits per heavy atom. The van der Waals surface area contributed by atoms with Crippen LogP contribution in [0.15, 0.2) is 84.9 Å². The van der Waals surface area contributed by atoms with Crippen LogP contribution < -0.4 is 10.6 Å². The maximum Gasteiger partial charge on any atom is 0.328 e. The average molecular weight is 981 g/mol. The number of amides is 8. The van der Waals surface area contributed by atoms with Crippen molar-refractivity contribution in [1.82, 2.24) is 19.6 Å². The summed E-state index contributed by atoms with van der Waals surface area (Å²) in [5.74, 6) is -4.02. The van der Waals surface area contributed by atoms with Gasteiger partial charge in [-0.2, -0.15) is 0 Å². The molecular weight excluding hydrogens is 908 g/mol. The molecule has 72 heavy (non-hydrogen) atoms. The predicted molar refractivity (Wildman–Crippen MR) is 279 cm³/mol. The highest BCUT2D eigenvalue weighted by atomic mass is 19.1. The van der Waals surface area contributed by atoms with Crippen molar-refractivity contribution >= 4 is 47.1 Å². The fourth-order valence-electron chi connectivity index (χ4n) is 12.0. The first-order chi connectivity index (χ1) is 34.3. The molecule has 2 unspecified atom stereocenters. The van der Waals surface area contributed by atoms with Crippen LogP contribution in [0.5, 0.6) is 0 Å². The molecule has 0 aromatic heterocycles. The smallest absolute Gasteiger partial charge is 0.324 e. The minimum atomic E-state index is -2.07. The van der Waals surface area contributed by atoms with Gasteiger partial charge in [-0.15, -0.1) is 0 Å². The van der Waals surface area contributed by atoms with Crippen LogP contribution in [0.1, 0.15) is 182 Å². The summed E-state index contributed by atoms with van der Waals surface area (Å²) in [6.07, 6.45) is 5.28. The van der Waals surface area contributed by atoms with E-state index in [9.17, 15) is 4.39 Å². The zero-order chi connectivity index (χ0) is 51.8. The molecule has 0 radical (unpaired) electrons. The first-order valence-corrected chi connectivity index (χ1v) is 26.3. The number of aryl methyl sites for hydroxylation is 1. The molecule has 2 heterocycles.